The molecular formula is C31H37N5O2. The van der Waals surface area contributed by atoms with Crippen LogP contribution in [0.1, 0.15) is 79.8 Å². The van der Waals surface area contributed by atoms with Gasteiger partial charge in [0.25, 0.3) is 11.9 Å². The lowest BCUT2D eigenvalue weighted by atomic mass is 9.85. The molecule has 1 atom stereocenters. The first-order chi connectivity index (χ1) is 18.0. The molecule has 0 saturated carbocycles. The number of H-pyrrole nitrogens is 1. The summed E-state index contributed by atoms with van der Waals surface area (Å²) < 4.78 is 6.58. The van der Waals surface area contributed by atoms with Gasteiger partial charge in [-0.05, 0) is 94.5 Å². The van der Waals surface area contributed by atoms with E-state index in [9.17, 15) is 4.79 Å². The van der Waals surface area contributed by atoms with Crippen LogP contribution in [0.15, 0.2) is 60.7 Å². The minimum absolute atomic E-state index is 0.127. The Hall–Kier alpha value is -4.00. The van der Waals surface area contributed by atoms with Gasteiger partial charge in [0.1, 0.15) is 11.9 Å². The molecule has 7 heteroatoms. The second-order valence-corrected chi connectivity index (χ2v) is 11.3. The van der Waals surface area contributed by atoms with Gasteiger partial charge in [0.05, 0.1) is 0 Å². The molecule has 1 heterocycles. The Morgan fingerprint density at radius 2 is 1.61 bits per heavy atom. The lowest BCUT2D eigenvalue weighted by Crippen LogP contribution is -2.14. The van der Waals surface area contributed by atoms with Crippen molar-refractivity contribution in [1.82, 2.24) is 20.6 Å². The number of anilines is 1. The summed E-state index contributed by atoms with van der Waals surface area (Å²) in [7, 11) is 0. The molecule has 0 aliphatic carbocycles. The van der Waals surface area contributed by atoms with Gasteiger partial charge in [-0.2, -0.15) is 5.21 Å². The van der Waals surface area contributed by atoms with E-state index in [1.54, 1.807) is 12.1 Å². The van der Waals surface area contributed by atoms with E-state index in [0.717, 1.165) is 17.7 Å². The van der Waals surface area contributed by atoms with Gasteiger partial charge in [-0.25, -0.2) is 0 Å². The van der Waals surface area contributed by atoms with Gasteiger partial charge in [-0.1, -0.05) is 76.1 Å². The van der Waals surface area contributed by atoms with Gasteiger partial charge in [0, 0.05) is 5.56 Å². The molecule has 3 aromatic carbocycles. The largest absolute Gasteiger partial charge is 0.486 e. The summed E-state index contributed by atoms with van der Waals surface area (Å²) in [6, 6.07) is 20.6. The highest BCUT2D eigenvalue weighted by molar-refractivity contribution is 6.03. The maximum absolute atomic E-state index is 12.5. The molecule has 4 aromatic rings. The lowest BCUT2D eigenvalue weighted by Gasteiger charge is -2.23. The summed E-state index contributed by atoms with van der Waals surface area (Å²) >= 11 is 0. The molecule has 38 heavy (non-hydrogen) atoms. The molecule has 198 valence electrons. The van der Waals surface area contributed by atoms with E-state index in [0.29, 0.717) is 11.5 Å². The van der Waals surface area contributed by atoms with Crippen molar-refractivity contribution in [3.63, 3.8) is 0 Å². The van der Waals surface area contributed by atoms with E-state index in [1.165, 1.54) is 27.8 Å². The zero-order valence-corrected chi connectivity index (χ0v) is 23.3. The van der Waals surface area contributed by atoms with Crippen LogP contribution in [0.4, 0.5) is 5.95 Å². The number of aromatic nitrogens is 4. The quantitative estimate of drug-likeness (QED) is 0.261. The summed E-state index contributed by atoms with van der Waals surface area (Å²) in [6.07, 6.45) is 0.711. The fourth-order valence-electron chi connectivity index (χ4n) is 4.67. The Kier molecular flexibility index (Phi) is 7.95. The molecule has 0 spiro atoms. The Bertz CT molecular complexity index is 1350. The number of carbonyl (C=O) groups is 1. The summed E-state index contributed by atoms with van der Waals surface area (Å²) in [6.45, 7) is 15.3. The Labute approximate surface area is 225 Å². The van der Waals surface area contributed by atoms with Crippen LogP contribution in [-0.2, 0) is 5.41 Å². The third-order valence-electron chi connectivity index (χ3n) is 6.62. The highest BCUT2D eigenvalue weighted by Crippen LogP contribution is 2.35. The maximum Gasteiger partial charge on any atom is 0.270 e. The second-order valence-electron chi connectivity index (χ2n) is 11.3. The summed E-state index contributed by atoms with van der Waals surface area (Å²) in [5.74, 6) is 1.12. The maximum atomic E-state index is 12.5. The molecule has 1 amide bonds. The van der Waals surface area contributed by atoms with Crippen molar-refractivity contribution < 1.29 is 9.53 Å². The van der Waals surface area contributed by atoms with Crippen LogP contribution < -0.4 is 10.1 Å². The van der Waals surface area contributed by atoms with Gasteiger partial charge in [0.2, 0.25) is 0 Å². The topological polar surface area (TPSA) is 92.8 Å². The van der Waals surface area contributed by atoms with Crippen molar-refractivity contribution in [1.29, 1.82) is 0 Å². The van der Waals surface area contributed by atoms with Crippen LogP contribution in [0.2, 0.25) is 0 Å². The Morgan fingerprint density at radius 3 is 2.13 bits per heavy atom. The Morgan fingerprint density at radius 1 is 0.974 bits per heavy atom. The van der Waals surface area contributed by atoms with Crippen LogP contribution >= 0.6 is 0 Å². The SMILES string of the molecule is Cc1cc(OC(CC(C)C)c2ccc(C(=O)Nc3nn[nH]n3)cc2)cc(C)c1-c1ccc(C(C)(C)C)cc1. The van der Waals surface area contributed by atoms with Crippen LogP contribution in [0.5, 0.6) is 5.75 Å². The minimum Gasteiger partial charge on any atom is -0.486 e. The van der Waals surface area contributed by atoms with Gasteiger partial charge in [-0.3, -0.25) is 10.1 Å². The molecule has 0 fully saturated rings. The summed E-state index contributed by atoms with van der Waals surface area (Å²) in [5.41, 5.74) is 7.81. The van der Waals surface area contributed by atoms with Crippen molar-refractivity contribution in [2.24, 2.45) is 5.92 Å². The number of nitrogens with one attached hydrogen (secondary N) is 2. The van der Waals surface area contributed by atoms with E-state index in [2.05, 4.69) is 111 Å². The number of hydrogen-bond acceptors (Lipinski definition) is 5. The Balaban J connectivity index is 1.55. The van der Waals surface area contributed by atoms with Crippen molar-refractivity contribution in [2.75, 3.05) is 5.32 Å². The van der Waals surface area contributed by atoms with Crippen LogP contribution in [-0.4, -0.2) is 26.5 Å². The molecule has 0 aliphatic heterocycles. The number of benzene rings is 3. The van der Waals surface area contributed by atoms with Gasteiger partial charge in [0.15, 0.2) is 0 Å². The fraction of sp³-hybridized carbons (Fsp3) is 0.355. The zero-order chi connectivity index (χ0) is 27.4. The number of amides is 1. The molecule has 4 rings (SSSR count). The molecule has 0 saturated heterocycles. The molecule has 0 bridgehead atoms. The summed E-state index contributed by atoms with van der Waals surface area (Å²) in [5, 5.41) is 15.9. The van der Waals surface area contributed by atoms with E-state index < -0.39 is 0 Å². The molecule has 7 nitrogen and oxygen atoms in total. The van der Waals surface area contributed by atoms with Crippen molar-refractivity contribution >= 4 is 11.9 Å². The predicted molar refractivity (Wildman–Crippen MR) is 151 cm³/mol. The van der Waals surface area contributed by atoms with Crippen molar-refractivity contribution in [2.45, 2.75) is 66.4 Å². The van der Waals surface area contributed by atoms with Crippen LogP contribution in [0.25, 0.3) is 11.1 Å². The monoisotopic (exact) mass is 511 g/mol. The summed E-state index contributed by atoms with van der Waals surface area (Å²) in [4.78, 5) is 12.5. The zero-order valence-electron chi connectivity index (χ0n) is 23.3. The molecule has 2 N–H and O–H groups in total. The normalized spacial score (nSPS) is 12.4. The average molecular weight is 512 g/mol. The standard InChI is InChI=1S/C31H37N5O2/c1-19(2)16-27(22-8-10-24(11-9-22)29(37)32-30-33-35-36-34-30)38-26-17-20(3)28(21(4)18-26)23-12-14-25(15-13-23)31(5,6)7/h8-15,17-19,27H,16H2,1-7H3,(H2,32,33,34,35,36,37). The first-order valence-corrected chi connectivity index (χ1v) is 13.0. The number of nitrogens with zero attached hydrogens (tertiary/aromatic N) is 3. The average Bonchev–Trinajstić information content (AvgIpc) is 3.36. The fourth-order valence-corrected chi connectivity index (χ4v) is 4.67. The minimum atomic E-state index is -0.295. The highest BCUT2D eigenvalue weighted by Gasteiger charge is 2.19. The number of hydrogen-bond donors (Lipinski definition) is 2. The molecule has 0 aliphatic rings. The van der Waals surface area contributed by atoms with E-state index in [1.807, 2.05) is 12.1 Å². The number of tetrazole rings is 1. The highest BCUT2D eigenvalue weighted by atomic mass is 16.5. The molecule has 1 unspecified atom stereocenters. The number of ether oxygens (including phenoxy) is 1. The van der Waals surface area contributed by atoms with Gasteiger partial charge < -0.3 is 4.74 Å². The third-order valence-corrected chi connectivity index (χ3v) is 6.62. The van der Waals surface area contributed by atoms with Gasteiger partial charge >= 0.3 is 0 Å². The predicted octanol–water partition coefficient (Wildman–Crippen LogP) is 7.20. The second kappa shape index (κ2) is 11.2. The number of aromatic amines is 1. The lowest BCUT2D eigenvalue weighted by molar-refractivity contribution is 0.102. The van der Waals surface area contributed by atoms with Gasteiger partial charge in [-0.15, -0.1) is 5.10 Å². The molecule has 0 radical (unpaired) electrons. The van der Waals surface area contributed by atoms with Crippen LogP contribution in [0, 0.1) is 19.8 Å². The number of carbonyl (C=O) groups excluding carboxylic acids is 1. The van der Waals surface area contributed by atoms with Crippen molar-refractivity contribution in [3.8, 4) is 16.9 Å². The van der Waals surface area contributed by atoms with Crippen molar-refractivity contribution in [3.05, 3.63) is 88.5 Å². The number of aryl methyl sites for hydroxylation is 2. The van der Waals surface area contributed by atoms with E-state index >= 15 is 0 Å². The smallest absolute Gasteiger partial charge is 0.270 e. The van der Waals surface area contributed by atoms with E-state index in [4.69, 9.17) is 4.74 Å². The van der Waals surface area contributed by atoms with Crippen LogP contribution in [0.3, 0.4) is 0 Å². The first-order valence-electron chi connectivity index (χ1n) is 13.0. The first kappa shape index (κ1) is 27.0. The number of rotatable bonds is 8. The third kappa shape index (κ3) is 6.46. The molecular weight excluding hydrogens is 474 g/mol. The molecule has 1 aromatic heterocycles. The van der Waals surface area contributed by atoms with E-state index in [-0.39, 0.29) is 23.4 Å².